The molecule has 0 aliphatic carbocycles. The Kier molecular flexibility index (Phi) is 2.02. The van der Waals surface area contributed by atoms with Gasteiger partial charge < -0.3 is 0 Å². The highest BCUT2D eigenvalue weighted by Crippen LogP contribution is 2.20. The van der Waals surface area contributed by atoms with Crippen LogP contribution < -0.4 is 0 Å². The number of hydrogen-bond acceptors (Lipinski definition) is 4. The molecule has 0 saturated carbocycles. The molecule has 0 saturated heterocycles. The second kappa shape index (κ2) is 3.33. The lowest BCUT2D eigenvalue weighted by molar-refractivity contribution is 1.27. The summed E-state index contributed by atoms with van der Waals surface area (Å²) in [5.41, 5.74) is 1.26. The number of aromatic nitrogens is 2. The molecule has 0 aromatic carbocycles. The number of hydrogen-bond donors (Lipinski definition) is 0. The largest absolute Gasteiger partial charge is 0.254 e. The molecule has 0 unspecified atom stereocenters. The fourth-order valence-electron chi connectivity index (χ4n) is 0.932. The number of nitriles is 1. The minimum Gasteiger partial charge on any atom is -0.254 e. The SMILES string of the molecule is N#Cc1csc(-c2ccccn2)n1. The Morgan fingerprint density at radius 1 is 1.38 bits per heavy atom. The second-order valence-electron chi connectivity index (χ2n) is 2.36. The second-order valence-corrected chi connectivity index (χ2v) is 3.22. The van der Waals surface area contributed by atoms with Crippen molar-refractivity contribution in [2.45, 2.75) is 0 Å². The van der Waals surface area contributed by atoms with E-state index in [1.54, 1.807) is 11.6 Å². The van der Waals surface area contributed by atoms with Crippen LogP contribution in [0.4, 0.5) is 0 Å². The fraction of sp³-hybridized carbons (Fsp3) is 0. The van der Waals surface area contributed by atoms with Gasteiger partial charge >= 0.3 is 0 Å². The van der Waals surface area contributed by atoms with E-state index in [0.717, 1.165) is 10.7 Å². The Labute approximate surface area is 79.3 Å². The quantitative estimate of drug-likeness (QED) is 0.686. The van der Waals surface area contributed by atoms with Gasteiger partial charge in [-0.15, -0.1) is 11.3 Å². The van der Waals surface area contributed by atoms with Gasteiger partial charge in [0.25, 0.3) is 0 Å². The smallest absolute Gasteiger partial charge is 0.152 e. The van der Waals surface area contributed by atoms with Gasteiger partial charge in [0.15, 0.2) is 5.69 Å². The molecule has 0 aliphatic heterocycles. The van der Waals surface area contributed by atoms with E-state index in [2.05, 4.69) is 9.97 Å². The van der Waals surface area contributed by atoms with Gasteiger partial charge in [-0.05, 0) is 12.1 Å². The first-order valence-corrected chi connectivity index (χ1v) is 4.55. The van der Waals surface area contributed by atoms with Crippen molar-refractivity contribution >= 4 is 11.3 Å². The first kappa shape index (κ1) is 7.90. The molecule has 62 valence electrons. The van der Waals surface area contributed by atoms with E-state index >= 15 is 0 Å². The molecule has 0 spiro atoms. The van der Waals surface area contributed by atoms with Crippen LogP contribution in [0.15, 0.2) is 29.8 Å². The van der Waals surface area contributed by atoms with Gasteiger partial charge in [0.2, 0.25) is 0 Å². The Morgan fingerprint density at radius 3 is 2.92 bits per heavy atom. The van der Waals surface area contributed by atoms with Gasteiger partial charge in [-0.25, -0.2) is 4.98 Å². The molecule has 2 aromatic heterocycles. The van der Waals surface area contributed by atoms with E-state index < -0.39 is 0 Å². The molecule has 0 radical (unpaired) electrons. The number of nitrogens with zero attached hydrogens (tertiary/aromatic N) is 3. The van der Waals surface area contributed by atoms with E-state index in [1.807, 2.05) is 24.3 Å². The van der Waals surface area contributed by atoms with Gasteiger partial charge in [0.1, 0.15) is 11.1 Å². The molecular weight excluding hydrogens is 182 g/mol. The minimum atomic E-state index is 0.450. The van der Waals surface area contributed by atoms with Crippen molar-refractivity contribution in [1.29, 1.82) is 5.26 Å². The van der Waals surface area contributed by atoms with Crippen molar-refractivity contribution in [2.24, 2.45) is 0 Å². The van der Waals surface area contributed by atoms with Crippen molar-refractivity contribution in [3.63, 3.8) is 0 Å². The van der Waals surface area contributed by atoms with Gasteiger partial charge in [0.05, 0.1) is 5.69 Å². The van der Waals surface area contributed by atoms with E-state index in [0.29, 0.717) is 5.69 Å². The van der Waals surface area contributed by atoms with Crippen molar-refractivity contribution in [3.05, 3.63) is 35.5 Å². The van der Waals surface area contributed by atoms with Crippen LogP contribution in [0.5, 0.6) is 0 Å². The topological polar surface area (TPSA) is 49.6 Å². The average Bonchev–Trinajstić information content (AvgIpc) is 2.67. The third kappa shape index (κ3) is 1.55. The summed E-state index contributed by atoms with van der Waals surface area (Å²) in [6, 6.07) is 7.61. The van der Waals surface area contributed by atoms with Crippen LogP contribution in [-0.2, 0) is 0 Å². The van der Waals surface area contributed by atoms with Gasteiger partial charge in [-0.1, -0.05) is 6.07 Å². The summed E-state index contributed by atoms with van der Waals surface area (Å²) in [5.74, 6) is 0. The summed E-state index contributed by atoms with van der Waals surface area (Å²) >= 11 is 1.43. The maximum atomic E-state index is 8.57. The van der Waals surface area contributed by atoms with E-state index in [1.165, 1.54) is 11.3 Å². The standard InChI is InChI=1S/C9H5N3S/c10-5-7-6-13-9(12-7)8-3-1-2-4-11-8/h1-4,6H. The van der Waals surface area contributed by atoms with Crippen molar-refractivity contribution in [2.75, 3.05) is 0 Å². The summed E-state index contributed by atoms with van der Waals surface area (Å²) in [5, 5.41) is 11.1. The van der Waals surface area contributed by atoms with Crippen LogP contribution in [0.2, 0.25) is 0 Å². The lowest BCUT2D eigenvalue weighted by Gasteiger charge is -1.91. The zero-order valence-electron chi connectivity index (χ0n) is 6.64. The molecule has 13 heavy (non-hydrogen) atoms. The van der Waals surface area contributed by atoms with Crippen LogP contribution >= 0.6 is 11.3 Å². The van der Waals surface area contributed by atoms with Crippen LogP contribution in [0.1, 0.15) is 5.69 Å². The van der Waals surface area contributed by atoms with Crippen LogP contribution in [0.3, 0.4) is 0 Å². The maximum absolute atomic E-state index is 8.57. The molecule has 0 aliphatic rings. The maximum Gasteiger partial charge on any atom is 0.152 e. The van der Waals surface area contributed by atoms with Crippen molar-refractivity contribution in [1.82, 2.24) is 9.97 Å². The Hall–Kier alpha value is -1.73. The molecule has 0 bridgehead atoms. The minimum absolute atomic E-state index is 0.450. The molecule has 4 heteroatoms. The molecule has 2 rings (SSSR count). The average molecular weight is 187 g/mol. The van der Waals surface area contributed by atoms with Crippen LogP contribution in [0.25, 0.3) is 10.7 Å². The highest BCUT2D eigenvalue weighted by atomic mass is 32.1. The molecular formula is C9H5N3S. The summed E-state index contributed by atoms with van der Waals surface area (Å²) < 4.78 is 0. The van der Waals surface area contributed by atoms with Crippen LogP contribution in [0, 0.1) is 11.3 Å². The summed E-state index contributed by atoms with van der Waals surface area (Å²) in [6.07, 6.45) is 1.71. The number of rotatable bonds is 1. The molecule has 0 atom stereocenters. The van der Waals surface area contributed by atoms with E-state index in [4.69, 9.17) is 5.26 Å². The Balaban J connectivity index is 2.43. The first-order valence-electron chi connectivity index (χ1n) is 3.67. The van der Waals surface area contributed by atoms with Crippen molar-refractivity contribution in [3.8, 4) is 16.8 Å². The van der Waals surface area contributed by atoms with Crippen molar-refractivity contribution < 1.29 is 0 Å². The monoisotopic (exact) mass is 187 g/mol. The fourth-order valence-corrected chi connectivity index (χ4v) is 1.65. The highest BCUT2D eigenvalue weighted by Gasteiger charge is 2.03. The predicted octanol–water partition coefficient (Wildman–Crippen LogP) is 2.08. The van der Waals surface area contributed by atoms with E-state index in [-0.39, 0.29) is 0 Å². The summed E-state index contributed by atoms with van der Waals surface area (Å²) in [6.45, 7) is 0. The molecule has 2 aromatic rings. The predicted molar refractivity (Wildman–Crippen MR) is 50.1 cm³/mol. The van der Waals surface area contributed by atoms with Crippen LogP contribution in [-0.4, -0.2) is 9.97 Å². The first-order chi connectivity index (χ1) is 6.40. The zero-order chi connectivity index (χ0) is 9.10. The number of pyridine rings is 1. The normalized spacial score (nSPS) is 9.46. The Morgan fingerprint density at radius 2 is 2.31 bits per heavy atom. The number of thiazole rings is 1. The lowest BCUT2D eigenvalue weighted by atomic mass is 10.4. The third-order valence-corrected chi connectivity index (χ3v) is 2.37. The molecule has 0 amide bonds. The molecule has 2 heterocycles. The molecule has 0 fully saturated rings. The Bertz CT molecular complexity index is 441. The zero-order valence-corrected chi connectivity index (χ0v) is 7.45. The third-order valence-electron chi connectivity index (χ3n) is 1.50. The summed E-state index contributed by atoms with van der Waals surface area (Å²) in [7, 11) is 0. The highest BCUT2D eigenvalue weighted by molar-refractivity contribution is 7.13. The molecule has 0 N–H and O–H groups in total. The van der Waals surface area contributed by atoms with E-state index in [9.17, 15) is 0 Å². The van der Waals surface area contributed by atoms with Gasteiger partial charge in [-0.3, -0.25) is 4.98 Å². The summed E-state index contributed by atoms with van der Waals surface area (Å²) in [4.78, 5) is 8.23. The van der Waals surface area contributed by atoms with Gasteiger partial charge in [0, 0.05) is 11.6 Å². The lowest BCUT2D eigenvalue weighted by Crippen LogP contribution is -1.80. The molecule has 3 nitrogen and oxygen atoms in total. The van der Waals surface area contributed by atoms with Gasteiger partial charge in [-0.2, -0.15) is 5.26 Å².